The molecule has 2 rings (SSSR count). The molecule has 0 aliphatic heterocycles. The van der Waals surface area contributed by atoms with E-state index in [2.05, 4.69) is 0 Å². The van der Waals surface area contributed by atoms with Crippen LogP contribution in [-0.2, 0) is 12.1 Å². The molecule has 0 radical (unpaired) electrons. The van der Waals surface area contributed by atoms with Gasteiger partial charge in [0.15, 0.2) is 0 Å². The molecule has 0 fully saturated rings. The van der Waals surface area contributed by atoms with E-state index in [1.807, 2.05) is 13.0 Å². The molecule has 0 saturated heterocycles. The van der Waals surface area contributed by atoms with Crippen LogP contribution in [0.25, 0.3) is 11.1 Å². The molecule has 0 atom stereocenters. The van der Waals surface area contributed by atoms with Gasteiger partial charge in [0, 0.05) is 9.75 Å². The van der Waals surface area contributed by atoms with Gasteiger partial charge in [-0.05, 0) is 36.2 Å². The highest BCUT2D eigenvalue weighted by Gasteiger charge is 2.30. The highest BCUT2D eigenvalue weighted by Crippen LogP contribution is 2.35. The van der Waals surface area contributed by atoms with Crippen LogP contribution in [0.1, 0.15) is 15.3 Å². The van der Waals surface area contributed by atoms with Crippen molar-refractivity contribution in [2.45, 2.75) is 19.0 Å². The Bertz CT molecular complexity index is 558. The smallest absolute Gasteiger partial charge is 0.166 e. The van der Waals surface area contributed by atoms with E-state index in [4.69, 9.17) is 11.6 Å². The van der Waals surface area contributed by atoms with Crippen molar-refractivity contribution in [2.75, 3.05) is 0 Å². The van der Waals surface area contributed by atoms with Crippen LogP contribution < -0.4 is 0 Å². The van der Waals surface area contributed by atoms with Gasteiger partial charge in [0.25, 0.3) is 0 Å². The molecule has 0 aliphatic rings. The molecule has 96 valence electrons. The van der Waals surface area contributed by atoms with E-state index in [1.54, 1.807) is 6.07 Å². The predicted octanol–water partition coefficient (Wildman–Crippen LogP) is 5.48. The van der Waals surface area contributed by atoms with Crippen LogP contribution in [0.3, 0.4) is 0 Å². The van der Waals surface area contributed by atoms with Crippen LogP contribution in [0.5, 0.6) is 0 Å². The summed E-state index contributed by atoms with van der Waals surface area (Å²) in [4.78, 5) is 1.94. The molecule has 1 heterocycles. The Labute approximate surface area is 112 Å². The summed E-state index contributed by atoms with van der Waals surface area (Å²) in [5, 5.41) is 0. The largest absolute Gasteiger partial charge is 0.416 e. The van der Waals surface area contributed by atoms with Crippen LogP contribution in [0.4, 0.5) is 13.2 Å². The lowest BCUT2D eigenvalue weighted by molar-refractivity contribution is -0.137. The monoisotopic (exact) mass is 290 g/mol. The lowest BCUT2D eigenvalue weighted by Crippen LogP contribution is -2.04. The summed E-state index contributed by atoms with van der Waals surface area (Å²) < 4.78 is 37.9. The van der Waals surface area contributed by atoms with Crippen LogP contribution in [-0.4, -0.2) is 0 Å². The number of alkyl halides is 4. The lowest BCUT2D eigenvalue weighted by Gasteiger charge is -2.08. The number of aryl methyl sites for hydroxylation is 1. The zero-order chi connectivity index (χ0) is 13.3. The molecule has 0 bridgehead atoms. The molecule has 5 heteroatoms. The van der Waals surface area contributed by atoms with Crippen molar-refractivity contribution in [2.24, 2.45) is 0 Å². The minimum Gasteiger partial charge on any atom is -0.166 e. The molecule has 18 heavy (non-hydrogen) atoms. The van der Waals surface area contributed by atoms with Crippen LogP contribution in [0.15, 0.2) is 30.3 Å². The maximum absolute atomic E-state index is 12.6. The second kappa shape index (κ2) is 4.94. The average molecular weight is 291 g/mol. The van der Waals surface area contributed by atoms with Gasteiger partial charge in [0.05, 0.1) is 11.4 Å². The third kappa shape index (κ3) is 2.70. The zero-order valence-corrected chi connectivity index (χ0v) is 11.1. The van der Waals surface area contributed by atoms with Crippen LogP contribution in [0, 0.1) is 6.92 Å². The standard InChI is InChI=1S/C13H10ClF3S/c1-8-12(6-11(7-14)18-8)9-3-2-4-10(5-9)13(15,16)17/h2-6H,7H2,1H3. The summed E-state index contributed by atoms with van der Waals surface area (Å²) in [6, 6.07) is 7.21. The number of halogens is 4. The SMILES string of the molecule is Cc1sc(CCl)cc1-c1cccc(C(F)(F)F)c1. The first-order chi connectivity index (χ1) is 8.41. The van der Waals surface area contributed by atoms with Crippen molar-refractivity contribution in [1.82, 2.24) is 0 Å². The van der Waals surface area contributed by atoms with Gasteiger partial charge in [-0.15, -0.1) is 22.9 Å². The summed E-state index contributed by atoms with van der Waals surface area (Å²) >= 11 is 7.24. The summed E-state index contributed by atoms with van der Waals surface area (Å²) in [5.41, 5.74) is 0.773. The average Bonchev–Trinajstić information content (AvgIpc) is 2.70. The number of hydrogen-bond acceptors (Lipinski definition) is 1. The molecule has 0 amide bonds. The molecule has 1 aromatic carbocycles. The molecule has 0 unspecified atom stereocenters. The van der Waals surface area contributed by atoms with E-state index < -0.39 is 11.7 Å². The highest BCUT2D eigenvalue weighted by molar-refractivity contribution is 7.12. The molecule has 1 aromatic heterocycles. The van der Waals surface area contributed by atoms with Crippen molar-refractivity contribution in [3.05, 3.63) is 45.6 Å². The molecule has 0 saturated carbocycles. The Kier molecular flexibility index (Phi) is 3.69. The van der Waals surface area contributed by atoms with Crippen molar-refractivity contribution >= 4 is 22.9 Å². The zero-order valence-electron chi connectivity index (χ0n) is 9.51. The Morgan fingerprint density at radius 3 is 2.50 bits per heavy atom. The fraction of sp³-hybridized carbons (Fsp3) is 0.231. The van der Waals surface area contributed by atoms with E-state index in [1.165, 1.54) is 23.5 Å². The molecule has 0 aliphatic carbocycles. The van der Waals surface area contributed by atoms with E-state index in [0.29, 0.717) is 11.4 Å². The fourth-order valence-electron chi connectivity index (χ4n) is 1.76. The number of benzene rings is 1. The fourth-order valence-corrected chi connectivity index (χ4v) is 2.91. The second-order valence-electron chi connectivity index (χ2n) is 3.89. The quantitative estimate of drug-likeness (QED) is 0.642. The maximum Gasteiger partial charge on any atom is 0.416 e. The minimum absolute atomic E-state index is 0.379. The van der Waals surface area contributed by atoms with Crippen LogP contribution in [0.2, 0.25) is 0 Å². The number of thiophene rings is 1. The third-order valence-corrected chi connectivity index (χ3v) is 4.10. The van der Waals surface area contributed by atoms with E-state index >= 15 is 0 Å². The summed E-state index contributed by atoms with van der Waals surface area (Å²) in [5.74, 6) is 0.379. The first-order valence-corrected chi connectivity index (χ1v) is 6.60. The number of rotatable bonds is 2. The van der Waals surface area contributed by atoms with Gasteiger partial charge < -0.3 is 0 Å². The Hall–Kier alpha value is -1.00. The van der Waals surface area contributed by atoms with Crippen molar-refractivity contribution < 1.29 is 13.2 Å². The normalized spacial score (nSPS) is 11.8. The Morgan fingerprint density at radius 1 is 1.22 bits per heavy atom. The summed E-state index contributed by atoms with van der Waals surface area (Å²) in [6.45, 7) is 1.89. The van der Waals surface area contributed by atoms with Crippen LogP contribution >= 0.6 is 22.9 Å². The van der Waals surface area contributed by atoms with Gasteiger partial charge in [-0.25, -0.2) is 0 Å². The molecule has 2 aromatic rings. The minimum atomic E-state index is -4.31. The summed E-state index contributed by atoms with van der Waals surface area (Å²) in [6.07, 6.45) is -4.31. The first kappa shape index (κ1) is 13.4. The molecule has 0 nitrogen and oxygen atoms in total. The van der Waals surface area contributed by atoms with Gasteiger partial charge in [-0.2, -0.15) is 13.2 Å². The lowest BCUT2D eigenvalue weighted by atomic mass is 10.0. The van der Waals surface area contributed by atoms with Gasteiger partial charge in [-0.3, -0.25) is 0 Å². The van der Waals surface area contributed by atoms with E-state index in [0.717, 1.165) is 21.4 Å². The topological polar surface area (TPSA) is 0 Å². The maximum atomic E-state index is 12.6. The van der Waals surface area contributed by atoms with Gasteiger partial charge in [-0.1, -0.05) is 12.1 Å². The Morgan fingerprint density at radius 2 is 1.94 bits per heavy atom. The Balaban J connectivity index is 2.47. The van der Waals surface area contributed by atoms with Gasteiger partial charge in [0.1, 0.15) is 0 Å². The molecule has 0 N–H and O–H groups in total. The van der Waals surface area contributed by atoms with E-state index in [9.17, 15) is 13.2 Å². The van der Waals surface area contributed by atoms with Crippen molar-refractivity contribution in [3.63, 3.8) is 0 Å². The summed E-state index contributed by atoms with van der Waals surface area (Å²) in [7, 11) is 0. The van der Waals surface area contributed by atoms with Crippen molar-refractivity contribution in [3.8, 4) is 11.1 Å². The van der Waals surface area contributed by atoms with Crippen molar-refractivity contribution in [1.29, 1.82) is 0 Å². The molecule has 0 spiro atoms. The predicted molar refractivity (Wildman–Crippen MR) is 69.1 cm³/mol. The van der Waals surface area contributed by atoms with E-state index in [-0.39, 0.29) is 0 Å². The second-order valence-corrected chi connectivity index (χ2v) is 5.50. The molecular formula is C13H10ClF3S. The van der Waals surface area contributed by atoms with Gasteiger partial charge in [0.2, 0.25) is 0 Å². The number of hydrogen-bond donors (Lipinski definition) is 0. The molecular weight excluding hydrogens is 281 g/mol. The third-order valence-electron chi connectivity index (χ3n) is 2.60. The highest BCUT2D eigenvalue weighted by atomic mass is 35.5. The van der Waals surface area contributed by atoms with Gasteiger partial charge >= 0.3 is 6.18 Å². The first-order valence-electron chi connectivity index (χ1n) is 5.24.